The third-order valence-electron chi connectivity index (χ3n) is 4.83. The second-order valence-electron chi connectivity index (χ2n) is 6.74. The van der Waals surface area contributed by atoms with Gasteiger partial charge in [0, 0.05) is 38.1 Å². The minimum Gasteiger partial charge on any atom is -0.463 e. The average Bonchev–Trinajstić information content (AvgIpc) is 2.60. The summed E-state index contributed by atoms with van der Waals surface area (Å²) < 4.78 is 11.2. The van der Waals surface area contributed by atoms with Crippen molar-refractivity contribution in [3.8, 4) is 6.01 Å². The molecule has 1 aromatic rings. The molecule has 0 N–H and O–H groups in total. The predicted molar refractivity (Wildman–Crippen MR) is 91.1 cm³/mol. The van der Waals surface area contributed by atoms with Gasteiger partial charge < -0.3 is 14.4 Å². The molecule has 0 aromatic carbocycles. The first-order valence-electron chi connectivity index (χ1n) is 9.12. The Morgan fingerprint density at radius 3 is 2.74 bits per heavy atom. The first-order chi connectivity index (χ1) is 11.3. The van der Waals surface area contributed by atoms with Gasteiger partial charge in [-0.2, -0.15) is 4.98 Å². The van der Waals surface area contributed by atoms with E-state index in [9.17, 15) is 0 Å². The first-order valence-corrected chi connectivity index (χ1v) is 9.12. The number of hydrogen-bond donors (Lipinski definition) is 0. The molecular formula is C18H29N3O2. The molecule has 2 fully saturated rings. The van der Waals surface area contributed by atoms with Crippen LogP contribution in [-0.4, -0.2) is 42.9 Å². The van der Waals surface area contributed by atoms with E-state index in [4.69, 9.17) is 9.47 Å². The van der Waals surface area contributed by atoms with Crippen molar-refractivity contribution in [2.24, 2.45) is 5.92 Å². The highest BCUT2D eigenvalue weighted by Crippen LogP contribution is 2.22. The van der Waals surface area contributed by atoms with Crippen LogP contribution in [0.4, 0.5) is 5.82 Å². The van der Waals surface area contributed by atoms with Gasteiger partial charge in [0.15, 0.2) is 0 Å². The van der Waals surface area contributed by atoms with Crippen LogP contribution in [0.15, 0.2) is 6.07 Å². The summed E-state index contributed by atoms with van der Waals surface area (Å²) in [4.78, 5) is 11.4. The van der Waals surface area contributed by atoms with Gasteiger partial charge in [-0.15, -0.1) is 0 Å². The Kier molecular flexibility index (Phi) is 6.08. The van der Waals surface area contributed by atoms with E-state index in [0.717, 1.165) is 50.2 Å². The molecule has 3 heterocycles. The van der Waals surface area contributed by atoms with E-state index in [1.807, 2.05) is 6.92 Å². The molecule has 0 spiro atoms. The van der Waals surface area contributed by atoms with Crippen LogP contribution in [0.1, 0.15) is 50.6 Å². The molecule has 0 saturated carbocycles. The maximum atomic E-state index is 5.83. The lowest BCUT2D eigenvalue weighted by molar-refractivity contribution is 0.0619. The minimum atomic E-state index is 0.539. The number of hydrogen-bond acceptors (Lipinski definition) is 5. The number of piperidine rings is 1. The van der Waals surface area contributed by atoms with E-state index in [1.165, 1.54) is 38.5 Å². The Morgan fingerprint density at radius 2 is 1.96 bits per heavy atom. The lowest BCUT2D eigenvalue weighted by Gasteiger charge is -2.28. The minimum absolute atomic E-state index is 0.539. The van der Waals surface area contributed by atoms with Crippen LogP contribution in [0.3, 0.4) is 0 Å². The molecule has 2 aliphatic heterocycles. The van der Waals surface area contributed by atoms with Crippen molar-refractivity contribution < 1.29 is 9.47 Å². The monoisotopic (exact) mass is 319 g/mol. The van der Waals surface area contributed by atoms with Crippen LogP contribution >= 0.6 is 0 Å². The molecule has 0 radical (unpaired) electrons. The maximum Gasteiger partial charge on any atom is 0.318 e. The number of ether oxygens (including phenoxy) is 2. The molecule has 2 saturated heterocycles. The number of aromatic nitrogens is 2. The van der Waals surface area contributed by atoms with E-state index < -0.39 is 0 Å². The Hall–Kier alpha value is -1.36. The summed E-state index contributed by atoms with van der Waals surface area (Å²) in [6.07, 6.45) is 8.51. The molecule has 0 aliphatic carbocycles. The van der Waals surface area contributed by atoms with E-state index in [-0.39, 0.29) is 0 Å². The number of nitrogens with zero attached hydrogens (tertiary/aromatic N) is 3. The highest BCUT2D eigenvalue weighted by Gasteiger charge is 2.15. The largest absolute Gasteiger partial charge is 0.463 e. The predicted octanol–water partition coefficient (Wildman–Crippen LogP) is 3.36. The van der Waals surface area contributed by atoms with Gasteiger partial charge in [0.1, 0.15) is 5.82 Å². The second kappa shape index (κ2) is 8.48. The van der Waals surface area contributed by atoms with Gasteiger partial charge in [-0.25, -0.2) is 4.98 Å². The van der Waals surface area contributed by atoms with Gasteiger partial charge in [-0.1, -0.05) is 0 Å². The van der Waals surface area contributed by atoms with Gasteiger partial charge >= 0.3 is 6.01 Å². The summed E-state index contributed by atoms with van der Waals surface area (Å²) >= 11 is 0. The fourth-order valence-electron chi connectivity index (χ4n) is 3.45. The first kappa shape index (κ1) is 16.5. The highest BCUT2D eigenvalue weighted by atomic mass is 16.5. The van der Waals surface area contributed by atoms with Crippen molar-refractivity contribution in [2.75, 3.05) is 37.8 Å². The zero-order valence-electron chi connectivity index (χ0n) is 14.3. The van der Waals surface area contributed by atoms with Gasteiger partial charge in [0.05, 0.1) is 6.61 Å². The number of aryl methyl sites for hydroxylation is 1. The number of rotatable bonds is 6. The highest BCUT2D eigenvalue weighted by molar-refractivity contribution is 5.40. The molecule has 1 aromatic heterocycles. The molecule has 23 heavy (non-hydrogen) atoms. The fourth-order valence-corrected chi connectivity index (χ4v) is 3.45. The molecule has 0 atom stereocenters. The third-order valence-corrected chi connectivity index (χ3v) is 4.83. The van der Waals surface area contributed by atoms with Crippen molar-refractivity contribution in [1.82, 2.24) is 9.97 Å². The Bertz CT molecular complexity index is 483. The van der Waals surface area contributed by atoms with Crippen molar-refractivity contribution in [3.05, 3.63) is 11.8 Å². The second-order valence-corrected chi connectivity index (χ2v) is 6.74. The molecule has 3 rings (SSSR count). The van der Waals surface area contributed by atoms with E-state index in [0.29, 0.717) is 12.6 Å². The van der Waals surface area contributed by atoms with Gasteiger partial charge in [0.25, 0.3) is 0 Å². The molecule has 128 valence electrons. The zero-order chi connectivity index (χ0) is 15.9. The summed E-state index contributed by atoms with van der Waals surface area (Å²) in [5.74, 6) is 1.83. The standard InChI is InChI=1S/C18H29N3O2/c1-15-14-17(21-9-3-2-4-10-21)20-18(19-15)23-11-5-6-16-7-12-22-13-8-16/h14,16H,2-13H2,1H3. The SMILES string of the molecule is Cc1cc(N2CCCCC2)nc(OCCCC2CCOCC2)n1. The Balaban J connectivity index is 1.48. The summed E-state index contributed by atoms with van der Waals surface area (Å²) in [6, 6.07) is 2.61. The van der Waals surface area contributed by atoms with Gasteiger partial charge in [-0.3, -0.25) is 0 Å². The van der Waals surface area contributed by atoms with Gasteiger partial charge in [0.2, 0.25) is 0 Å². The Morgan fingerprint density at radius 1 is 1.17 bits per heavy atom. The number of anilines is 1. The average molecular weight is 319 g/mol. The van der Waals surface area contributed by atoms with Crippen LogP contribution in [0.25, 0.3) is 0 Å². The summed E-state index contributed by atoms with van der Waals surface area (Å²) in [6.45, 7) is 6.76. The Labute approximate surface area is 139 Å². The van der Waals surface area contributed by atoms with E-state index in [1.54, 1.807) is 0 Å². The van der Waals surface area contributed by atoms with Crippen LogP contribution in [0.2, 0.25) is 0 Å². The molecule has 2 aliphatic rings. The molecule has 0 amide bonds. The van der Waals surface area contributed by atoms with Gasteiger partial charge in [-0.05, 0) is 57.8 Å². The zero-order valence-corrected chi connectivity index (χ0v) is 14.3. The van der Waals surface area contributed by atoms with Crippen molar-refractivity contribution in [2.45, 2.75) is 51.9 Å². The van der Waals surface area contributed by atoms with Crippen LogP contribution in [0, 0.1) is 12.8 Å². The summed E-state index contributed by atoms with van der Waals surface area (Å²) in [5, 5.41) is 0. The topological polar surface area (TPSA) is 47.5 Å². The third kappa shape index (κ3) is 5.06. The van der Waals surface area contributed by atoms with Crippen molar-refractivity contribution >= 4 is 5.82 Å². The fraction of sp³-hybridized carbons (Fsp3) is 0.778. The van der Waals surface area contributed by atoms with Crippen LogP contribution in [-0.2, 0) is 4.74 Å². The lowest BCUT2D eigenvalue weighted by atomic mass is 9.95. The van der Waals surface area contributed by atoms with Crippen LogP contribution < -0.4 is 9.64 Å². The molecule has 0 bridgehead atoms. The maximum absolute atomic E-state index is 5.83. The summed E-state index contributed by atoms with van der Waals surface area (Å²) in [7, 11) is 0. The molecular weight excluding hydrogens is 290 g/mol. The van der Waals surface area contributed by atoms with E-state index in [2.05, 4.69) is 20.9 Å². The van der Waals surface area contributed by atoms with Crippen LogP contribution in [0.5, 0.6) is 6.01 Å². The molecule has 0 unspecified atom stereocenters. The molecule has 5 nitrogen and oxygen atoms in total. The smallest absolute Gasteiger partial charge is 0.318 e. The lowest BCUT2D eigenvalue weighted by Crippen LogP contribution is -2.30. The normalized spacial score (nSPS) is 19.8. The van der Waals surface area contributed by atoms with Crippen molar-refractivity contribution in [1.29, 1.82) is 0 Å². The quantitative estimate of drug-likeness (QED) is 0.752. The molecule has 5 heteroatoms. The van der Waals surface area contributed by atoms with E-state index >= 15 is 0 Å². The summed E-state index contributed by atoms with van der Waals surface area (Å²) in [5.41, 5.74) is 0.986. The van der Waals surface area contributed by atoms with Crippen molar-refractivity contribution in [3.63, 3.8) is 0 Å².